The minimum absolute atomic E-state index is 0. The van der Waals surface area contributed by atoms with Crippen molar-refractivity contribution < 1.29 is 9.59 Å². The highest BCUT2D eigenvalue weighted by molar-refractivity contribution is 7.11. The van der Waals surface area contributed by atoms with Crippen LogP contribution >= 0.6 is 36.2 Å². The molecule has 1 atom stereocenters. The molecule has 0 saturated heterocycles. The van der Waals surface area contributed by atoms with Gasteiger partial charge in [0.15, 0.2) is 0 Å². The van der Waals surface area contributed by atoms with Gasteiger partial charge in [0, 0.05) is 4.88 Å². The molecule has 0 aliphatic heterocycles. The highest BCUT2D eigenvalue weighted by Gasteiger charge is 2.17. The summed E-state index contributed by atoms with van der Waals surface area (Å²) in [6, 6.07) is -0.589. The molecule has 0 aliphatic carbocycles. The number of nitrogens with one attached hydrogen (secondary N) is 2. The fourth-order valence-corrected chi connectivity index (χ4v) is 2.44. The van der Waals surface area contributed by atoms with Crippen LogP contribution < -0.4 is 16.4 Å². The number of halogens is 2. The molecule has 22 heavy (non-hydrogen) atoms. The molecule has 0 spiro atoms. The monoisotopic (exact) mass is 370 g/mol. The molecular formula is C13H24Cl2N4O2S. The number of amides is 2. The Balaban J connectivity index is 0. The van der Waals surface area contributed by atoms with Gasteiger partial charge in [0.1, 0.15) is 0 Å². The summed E-state index contributed by atoms with van der Waals surface area (Å²) in [7, 11) is 0. The van der Waals surface area contributed by atoms with Gasteiger partial charge < -0.3 is 16.4 Å². The van der Waals surface area contributed by atoms with E-state index in [-0.39, 0.29) is 49.1 Å². The molecule has 2 amide bonds. The lowest BCUT2D eigenvalue weighted by atomic mass is 10.1. The summed E-state index contributed by atoms with van der Waals surface area (Å²) < 4.78 is 0. The molecule has 1 aromatic heterocycles. The third-order valence-electron chi connectivity index (χ3n) is 2.89. The van der Waals surface area contributed by atoms with Crippen LogP contribution in [0.5, 0.6) is 0 Å². The molecule has 9 heteroatoms. The van der Waals surface area contributed by atoms with Crippen LogP contribution in [-0.2, 0) is 16.1 Å². The van der Waals surface area contributed by atoms with Crippen molar-refractivity contribution in [3.8, 4) is 0 Å². The fourth-order valence-electron chi connectivity index (χ4n) is 1.57. The molecule has 0 aromatic carbocycles. The summed E-state index contributed by atoms with van der Waals surface area (Å²) >= 11 is 1.56. The van der Waals surface area contributed by atoms with Gasteiger partial charge in [-0.15, -0.1) is 36.2 Å². The Morgan fingerprint density at radius 2 is 1.82 bits per heavy atom. The molecule has 0 bridgehead atoms. The normalized spacial score (nSPS) is 11.2. The van der Waals surface area contributed by atoms with Crippen molar-refractivity contribution >= 4 is 48.0 Å². The molecule has 128 valence electrons. The van der Waals surface area contributed by atoms with Crippen LogP contribution in [0.4, 0.5) is 0 Å². The Bertz CT molecular complexity index is 494. The van der Waals surface area contributed by atoms with Gasteiger partial charge in [0.05, 0.1) is 29.8 Å². The lowest BCUT2D eigenvalue weighted by Gasteiger charge is -2.15. The number of thiazole rings is 1. The first-order valence-corrected chi connectivity index (χ1v) is 7.35. The highest BCUT2D eigenvalue weighted by Crippen LogP contribution is 2.16. The largest absolute Gasteiger partial charge is 0.350 e. The van der Waals surface area contributed by atoms with Crippen molar-refractivity contribution in [2.45, 2.75) is 40.3 Å². The van der Waals surface area contributed by atoms with Crippen LogP contribution in [0.1, 0.15) is 29.4 Å². The zero-order valence-corrected chi connectivity index (χ0v) is 15.6. The minimum Gasteiger partial charge on any atom is -0.350 e. The predicted octanol–water partition coefficient (Wildman–Crippen LogP) is 1.32. The first-order valence-electron chi connectivity index (χ1n) is 6.54. The third kappa shape index (κ3) is 7.40. The van der Waals surface area contributed by atoms with Crippen LogP contribution in [0.15, 0.2) is 0 Å². The Labute approximate surface area is 147 Å². The average Bonchev–Trinajstić information content (AvgIpc) is 2.70. The van der Waals surface area contributed by atoms with Crippen molar-refractivity contribution in [2.75, 3.05) is 6.54 Å². The number of aryl methyl sites for hydroxylation is 2. The van der Waals surface area contributed by atoms with E-state index >= 15 is 0 Å². The van der Waals surface area contributed by atoms with Crippen LogP contribution in [-0.4, -0.2) is 29.4 Å². The molecule has 1 heterocycles. The lowest BCUT2D eigenvalue weighted by molar-refractivity contribution is -0.127. The van der Waals surface area contributed by atoms with E-state index in [2.05, 4.69) is 15.6 Å². The van der Waals surface area contributed by atoms with E-state index in [1.807, 2.05) is 27.7 Å². The fraction of sp³-hybridized carbons (Fsp3) is 0.615. The smallest absolute Gasteiger partial charge is 0.239 e. The first kappa shape index (κ1) is 23.4. The summed E-state index contributed by atoms with van der Waals surface area (Å²) in [5.41, 5.74) is 6.61. The van der Waals surface area contributed by atoms with Crippen molar-refractivity contribution in [3.05, 3.63) is 15.6 Å². The minimum atomic E-state index is -0.589. The summed E-state index contributed by atoms with van der Waals surface area (Å²) in [6.07, 6.45) is 0. The van der Waals surface area contributed by atoms with E-state index in [4.69, 9.17) is 5.73 Å². The number of hydrogen-bond donors (Lipinski definition) is 3. The van der Waals surface area contributed by atoms with E-state index in [1.54, 1.807) is 11.3 Å². The topological polar surface area (TPSA) is 97.1 Å². The Hall–Kier alpha value is -0.890. The van der Waals surface area contributed by atoms with E-state index in [0.717, 1.165) is 15.6 Å². The second kappa shape index (κ2) is 10.8. The summed E-state index contributed by atoms with van der Waals surface area (Å²) in [4.78, 5) is 28.6. The SMILES string of the molecule is Cc1nc(C)c(CNC(=O)CNC(=O)[C@@H](N)C(C)C)s1.Cl.Cl. The molecule has 0 aliphatic rings. The van der Waals surface area contributed by atoms with E-state index in [1.165, 1.54) is 0 Å². The predicted molar refractivity (Wildman–Crippen MR) is 93.8 cm³/mol. The molecule has 4 N–H and O–H groups in total. The molecule has 1 rings (SSSR count). The van der Waals surface area contributed by atoms with Gasteiger partial charge >= 0.3 is 0 Å². The van der Waals surface area contributed by atoms with Gasteiger partial charge in [0.2, 0.25) is 11.8 Å². The maximum atomic E-state index is 11.6. The molecule has 0 radical (unpaired) electrons. The zero-order valence-electron chi connectivity index (χ0n) is 13.1. The lowest BCUT2D eigenvalue weighted by Crippen LogP contribution is -2.47. The Morgan fingerprint density at radius 1 is 1.23 bits per heavy atom. The molecule has 1 aromatic rings. The van der Waals surface area contributed by atoms with Crippen LogP contribution in [0.25, 0.3) is 0 Å². The molecule has 0 fully saturated rings. The quantitative estimate of drug-likeness (QED) is 0.703. The van der Waals surface area contributed by atoms with Gasteiger partial charge in [0.25, 0.3) is 0 Å². The van der Waals surface area contributed by atoms with Crippen molar-refractivity contribution in [1.82, 2.24) is 15.6 Å². The van der Waals surface area contributed by atoms with E-state index < -0.39 is 6.04 Å². The van der Waals surface area contributed by atoms with Gasteiger partial charge in [-0.05, 0) is 19.8 Å². The molecule has 6 nitrogen and oxygen atoms in total. The second-order valence-electron chi connectivity index (χ2n) is 5.01. The van der Waals surface area contributed by atoms with Gasteiger partial charge in [-0.1, -0.05) is 13.8 Å². The number of carbonyl (C=O) groups excluding carboxylic acids is 2. The van der Waals surface area contributed by atoms with Gasteiger partial charge in [-0.2, -0.15) is 0 Å². The van der Waals surface area contributed by atoms with Crippen LogP contribution in [0.3, 0.4) is 0 Å². The Kier molecular flexibility index (Phi) is 11.4. The van der Waals surface area contributed by atoms with E-state index in [0.29, 0.717) is 6.54 Å². The van der Waals surface area contributed by atoms with Gasteiger partial charge in [-0.25, -0.2) is 4.98 Å². The number of aromatic nitrogens is 1. The van der Waals surface area contributed by atoms with Crippen LogP contribution in [0, 0.1) is 19.8 Å². The number of nitrogens with two attached hydrogens (primary N) is 1. The zero-order chi connectivity index (χ0) is 15.3. The van der Waals surface area contributed by atoms with E-state index in [9.17, 15) is 9.59 Å². The molecular weight excluding hydrogens is 347 g/mol. The number of nitrogens with zero attached hydrogens (tertiary/aromatic N) is 1. The Morgan fingerprint density at radius 3 is 2.27 bits per heavy atom. The van der Waals surface area contributed by atoms with Crippen molar-refractivity contribution in [1.29, 1.82) is 0 Å². The number of carbonyl (C=O) groups is 2. The molecule has 0 saturated carbocycles. The first-order chi connectivity index (χ1) is 9.31. The van der Waals surface area contributed by atoms with Gasteiger partial charge in [-0.3, -0.25) is 9.59 Å². The van der Waals surface area contributed by atoms with Crippen LogP contribution in [0.2, 0.25) is 0 Å². The number of hydrogen-bond acceptors (Lipinski definition) is 5. The average molecular weight is 371 g/mol. The highest BCUT2D eigenvalue weighted by atomic mass is 35.5. The molecule has 0 unspecified atom stereocenters. The van der Waals surface area contributed by atoms with Crippen molar-refractivity contribution in [3.63, 3.8) is 0 Å². The number of rotatable bonds is 6. The summed E-state index contributed by atoms with van der Waals surface area (Å²) in [6.45, 7) is 7.93. The van der Waals surface area contributed by atoms with Crippen molar-refractivity contribution in [2.24, 2.45) is 11.7 Å². The maximum absolute atomic E-state index is 11.6. The maximum Gasteiger partial charge on any atom is 0.239 e. The summed E-state index contributed by atoms with van der Waals surface area (Å²) in [5.74, 6) is -0.499. The third-order valence-corrected chi connectivity index (χ3v) is 3.96. The second-order valence-corrected chi connectivity index (χ2v) is 6.29. The standard InChI is InChI=1S/C13H22N4O2S.2ClH/c1-7(2)12(14)13(19)16-6-11(18)15-5-10-8(3)17-9(4)20-10;;/h7,12H,5-6,14H2,1-4H3,(H,15,18)(H,16,19);2*1H/t12-;;/m0../s1. The summed E-state index contributed by atoms with van der Waals surface area (Å²) in [5, 5.41) is 6.26.